The summed E-state index contributed by atoms with van der Waals surface area (Å²) >= 11 is 0. The van der Waals surface area contributed by atoms with Gasteiger partial charge in [-0.25, -0.2) is 0 Å². The van der Waals surface area contributed by atoms with Crippen LogP contribution in [-0.2, 0) is 12.7 Å². The molecule has 1 heterocycles. The monoisotopic (exact) mass is 426 g/mol. The second-order valence-electron chi connectivity index (χ2n) is 5.90. The molecule has 3 nitrogen and oxygen atoms in total. The van der Waals surface area contributed by atoms with Crippen LogP contribution in [0, 0.1) is 0 Å². The van der Waals surface area contributed by atoms with E-state index in [-0.39, 0.29) is 24.8 Å². The maximum absolute atomic E-state index is 12.8. The number of furan rings is 1. The molecule has 0 amide bonds. The topological polar surface area (TPSA) is 28.4 Å². The molecule has 1 aromatic heterocycles. The Bertz CT molecular complexity index is 658. The highest BCUT2D eigenvalue weighted by Gasteiger charge is 2.30. The quantitative estimate of drug-likeness (QED) is 0.526. The van der Waals surface area contributed by atoms with E-state index in [1.807, 2.05) is 0 Å². The molecule has 2 rings (SSSR count). The third-order valence-corrected chi connectivity index (χ3v) is 4.16. The van der Waals surface area contributed by atoms with E-state index in [2.05, 4.69) is 24.1 Å². The van der Waals surface area contributed by atoms with Crippen molar-refractivity contribution in [2.75, 3.05) is 26.2 Å². The molecule has 0 aliphatic carbocycles. The van der Waals surface area contributed by atoms with Gasteiger partial charge in [0.25, 0.3) is 0 Å². The van der Waals surface area contributed by atoms with Gasteiger partial charge in [0.05, 0.1) is 12.1 Å². The summed E-state index contributed by atoms with van der Waals surface area (Å²) in [6.45, 7) is 8.88. The minimum Gasteiger partial charge on any atom is -0.460 e. The maximum Gasteiger partial charge on any atom is 0.416 e. The molecule has 0 atom stereocenters. The minimum atomic E-state index is -4.35. The molecule has 0 aliphatic heterocycles. The van der Waals surface area contributed by atoms with Gasteiger partial charge in [-0.2, -0.15) is 13.2 Å². The Hall–Kier alpha value is -1.21. The molecule has 0 radical (unpaired) electrons. The lowest BCUT2D eigenvalue weighted by Crippen LogP contribution is -2.27. The zero-order valence-corrected chi connectivity index (χ0v) is 17.1. The predicted molar refractivity (Wildman–Crippen MR) is 108 cm³/mol. The molecule has 2 aromatic rings. The van der Waals surface area contributed by atoms with E-state index in [1.54, 1.807) is 18.2 Å². The van der Waals surface area contributed by atoms with Crippen molar-refractivity contribution in [1.82, 2.24) is 10.2 Å². The van der Waals surface area contributed by atoms with Gasteiger partial charge in [0.2, 0.25) is 0 Å². The van der Waals surface area contributed by atoms with Crippen LogP contribution in [0.5, 0.6) is 0 Å². The van der Waals surface area contributed by atoms with Crippen LogP contribution in [-0.4, -0.2) is 31.1 Å². The Morgan fingerprint density at radius 1 is 1.04 bits per heavy atom. The first-order valence-electron chi connectivity index (χ1n) is 8.63. The largest absolute Gasteiger partial charge is 0.460 e. The van der Waals surface area contributed by atoms with E-state index in [0.29, 0.717) is 17.9 Å². The molecule has 0 saturated carbocycles. The van der Waals surface area contributed by atoms with Crippen LogP contribution in [0.2, 0.25) is 0 Å². The number of benzene rings is 1. The fraction of sp³-hybridized carbons (Fsp3) is 0.474. The van der Waals surface area contributed by atoms with Crippen LogP contribution in [0.4, 0.5) is 13.2 Å². The van der Waals surface area contributed by atoms with Crippen molar-refractivity contribution in [1.29, 1.82) is 0 Å². The van der Waals surface area contributed by atoms with Crippen LogP contribution in [0.15, 0.2) is 40.8 Å². The summed E-state index contributed by atoms with van der Waals surface area (Å²) in [6, 6.07) is 8.70. The minimum absolute atomic E-state index is 0. The van der Waals surface area contributed by atoms with E-state index in [4.69, 9.17) is 4.42 Å². The Balaban J connectivity index is 0.00000338. The first kappa shape index (κ1) is 25.8. The van der Waals surface area contributed by atoms with Crippen molar-refractivity contribution in [3.8, 4) is 11.3 Å². The maximum atomic E-state index is 12.8. The molecule has 0 spiro atoms. The molecule has 0 unspecified atom stereocenters. The van der Waals surface area contributed by atoms with Crippen LogP contribution in [0.3, 0.4) is 0 Å². The summed E-state index contributed by atoms with van der Waals surface area (Å²) in [5, 5.41) is 3.31. The summed E-state index contributed by atoms with van der Waals surface area (Å²) in [6.07, 6.45) is -3.30. The number of hydrogen-bond acceptors (Lipinski definition) is 3. The van der Waals surface area contributed by atoms with Gasteiger partial charge in [0.1, 0.15) is 11.5 Å². The number of halogens is 5. The van der Waals surface area contributed by atoms with Gasteiger partial charge in [-0.15, -0.1) is 24.8 Å². The molecule has 0 fully saturated rings. The lowest BCUT2D eigenvalue weighted by atomic mass is 10.1. The molecule has 154 valence electrons. The van der Waals surface area contributed by atoms with E-state index < -0.39 is 11.7 Å². The Kier molecular flexibility index (Phi) is 11.7. The first-order valence-corrected chi connectivity index (χ1v) is 8.63. The number of nitrogens with one attached hydrogen (secondary N) is 1. The van der Waals surface area contributed by atoms with Crippen molar-refractivity contribution < 1.29 is 17.6 Å². The van der Waals surface area contributed by atoms with Gasteiger partial charge < -0.3 is 14.6 Å². The van der Waals surface area contributed by atoms with Gasteiger partial charge in [0.15, 0.2) is 0 Å². The van der Waals surface area contributed by atoms with Gasteiger partial charge in [-0.1, -0.05) is 26.0 Å². The molecule has 1 N–H and O–H groups in total. The summed E-state index contributed by atoms with van der Waals surface area (Å²) in [5.74, 6) is 1.17. The number of rotatable bonds is 9. The van der Waals surface area contributed by atoms with Crippen molar-refractivity contribution in [2.45, 2.75) is 33.0 Å². The van der Waals surface area contributed by atoms with Gasteiger partial charge >= 0.3 is 6.18 Å². The molecule has 27 heavy (non-hydrogen) atoms. The second-order valence-corrected chi connectivity index (χ2v) is 5.90. The third-order valence-electron chi connectivity index (χ3n) is 4.16. The second kappa shape index (κ2) is 12.3. The highest BCUT2D eigenvalue weighted by atomic mass is 35.5. The highest BCUT2D eigenvalue weighted by molar-refractivity contribution is 5.85. The van der Waals surface area contributed by atoms with E-state index in [1.165, 1.54) is 6.07 Å². The Morgan fingerprint density at radius 2 is 1.74 bits per heavy atom. The zero-order valence-electron chi connectivity index (χ0n) is 15.5. The normalized spacial score (nSPS) is 11.2. The molecular weight excluding hydrogens is 400 g/mol. The van der Waals surface area contributed by atoms with E-state index >= 15 is 0 Å². The van der Waals surface area contributed by atoms with Gasteiger partial charge in [0, 0.05) is 5.56 Å². The average Bonchev–Trinajstić information content (AvgIpc) is 3.06. The van der Waals surface area contributed by atoms with Crippen molar-refractivity contribution >= 4 is 24.8 Å². The average molecular weight is 427 g/mol. The molecule has 0 bridgehead atoms. The summed E-state index contributed by atoms with van der Waals surface area (Å²) in [7, 11) is 0. The SMILES string of the molecule is CCN(CC)CCCNCc1ccc(-c2cccc(C(F)(F)F)c2)o1.Cl.Cl. The standard InChI is InChI=1S/C19H25F3N2O.2ClH/c1-3-24(4-2)12-6-11-23-14-17-9-10-18(25-17)15-7-5-8-16(13-15)19(20,21)22;;/h5,7-10,13,23H,3-4,6,11-12,14H2,1-2H3;2*1H. The van der Waals surface area contributed by atoms with Crippen LogP contribution >= 0.6 is 24.8 Å². The van der Waals surface area contributed by atoms with Crippen LogP contribution < -0.4 is 5.32 Å². The summed E-state index contributed by atoms with van der Waals surface area (Å²) < 4.78 is 44.0. The van der Waals surface area contributed by atoms with Crippen molar-refractivity contribution in [2.24, 2.45) is 0 Å². The molecule has 0 aliphatic rings. The van der Waals surface area contributed by atoms with E-state index in [9.17, 15) is 13.2 Å². The fourth-order valence-electron chi connectivity index (χ4n) is 2.66. The summed E-state index contributed by atoms with van der Waals surface area (Å²) in [4.78, 5) is 2.36. The predicted octanol–water partition coefficient (Wildman–Crippen LogP) is 5.63. The van der Waals surface area contributed by atoms with Gasteiger partial charge in [-0.05, 0) is 56.9 Å². The number of nitrogens with zero attached hydrogens (tertiary/aromatic N) is 1. The van der Waals surface area contributed by atoms with Gasteiger partial charge in [-0.3, -0.25) is 0 Å². The molecule has 1 aromatic carbocycles. The van der Waals surface area contributed by atoms with E-state index in [0.717, 1.165) is 50.5 Å². The lowest BCUT2D eigenvalue weighted by molar-refractivity contribution is -0.137. The van der Waals surface area contributed by atoms with Crippen LogP contribution in [0.1, 0.15) is 31.6 Å². The third kappa shape index (κ3) is 8.13. The molecule has 0 saturated heterocycles. The Labute approximate surface area is 171 Å². The number of alkyl halides is 3. The van der Waals surface area contributed by atoms with Crippen LogP contribution in [0.25, 0.3) is 11.3 Å². The molecule has 8 heteroatoms. The zero-order chi connectivity index (χ0) is 18.3. The van der Waals surface area contributed by atoms with Crippen molar-refractivity contribution in [3.63, 3.8) is 0 Å². The smallest absolute Gasteiger partial charge is 0.416 e. The first-order chi connectivity index (χ1) is 11.9. The fourth-order valence-corrected chi connectivity index (χ4v) is 2.66. The lowest BCUT2D eigenvalue weighted by Gasteiger charge is -2.17. The highest BCUT2D eigenvalue weighted by Crippen LogP contribution is 2.32. The summed E-state index contributed by atoms with van der Waals surface area (Å²) in [5.41, 5.74) is -0.236. The Morgan fingerprint density at radius 3 is 2.37 bits per heavy atom. The number of hydrogen-bond donors (Lipinski definition) is 1. The van der Waals surface area contributed by atoms with Crippen molar-refractivity contribution in [3.05, 3.63) is 47.7 Å². The molecular formula is C19H27Cl2F3N2O.